The number of nitro groups is 1. The molecule has 0 radical (unpaired) electrons. The van der Waals surface area contributed by atoms with Crippen LogP contribution in [-0.4, -0.2) is 46.7 Å². The quantitative estimate of drug-likeness (QED) is 0.321. The molecule has 3 fully saturated rings. The molecular formula is C20H21N3O7. The molecule has 3 aliphatic rings. The number of fused-ring (bicyclic) bond motifs is 5. The first-order valence-corrected chi connectivity index (χ1v) is 9.82. The van der Waals surface area contributed by atoms with Crippen LogP contribution >= 0.6 is 0 Å². The second kappa shape index (κ2) is 7.51. The number of benzene rings is 1. The summed E-state index contributed by atoms with van der Waals surface area (Å²) in [6.45, 7) is 0.439. The Morgan fingerprint density at radius 2 is 1.83 bits per heavy atom. The van der Waals surface area contributed by atoms with E-state index in [1.165, 1.54) is 18.2 Å². The van der Waals surface area contributed by atoms with Crippen LogP contribution in [0.5, 0.6) is 0 Å². The summed E-state index contributed by atoms with van der Waals surface area (Å²) in [6, 6.07) is 4.20. The lowest BCUT2D eigenvalue weighted by atomic mass is 9.81. The van der Waals surface area contributed by atoms with E-state index in [-0.39, 0.29) is 46.9 Å². The fourth-order valence-corrected chi connectivity index (χ4v) is 5.03. The fourth-order valence-electron chi connectivity index (χ4n) is 5.03. The minimum absolute atomic E-state index is 0.143. The Bertz CT molecular complexity index is 932. The first-order valence-electron chi connectivity index (χ1n) is 9.82. The number of carbonyl (C=O) groups is 4. The molecule has 2 bridgehead atoms. The van der Waals surface area contributed by atoms with E-state index in [4.69, 9.17) is 4.74 Å². The number of hydrogen-bond acceptors (Lipinski definition) is 7. The monoisotopic (exact) mass is 415 g/mol. The first kappa shape index (κ1) is 20.0. The van der Waals surface area contributed by atoms with Crippen LogP contribution in [0.4, 0.5) is 11.4 Å². The Hall–Kier alpha value is -3.30. The molecule has 1 aliphatic heterocycles. The van der Waals surface area contributed by atoms with Gasteiger partial charge in [-0.3, -0.25) is 34.2 Å². The van der Waals surface area contributed by atoms with Gasteiger partial charge in [-0.15, -0.1) is 0 Å². The number of ether oxygens (including phenoxy) is 1. The molecule has 10 heteroatoms. The molecule has 1 N–H and O–H groups in total. The van der Waals surface area contributed by atoms with Crippen LogP contribution in [0, 0.1) is 40.7 Å². The van der Waals surface area contributed by atoms with Crippen LogP contribution in [0.3, 0.4) is 0 Å². The summed E-state index contributed by atoms with van der Waals surface area (Å²) in [6.07, 6.45) is 2.80. The highest BCUT2D eigenvalue weighted by Gasteiger charge is 2.61. The van der Waals surface area contributed by atoms with Crippen molar-refractivity contribution in [3.63, 3.8) is 0 Å². The molecule has 3 amide bonds. The number of hydrogen-bond donors (Lipinski definition) is 1. The molecule has 4 rings (SSSR count). The van der Waals surface area contributed by atoms with Crippen LogP contribution in [-0.2, 0) is 23.9 Å². The van der Waals surface area contributed by atoms with Gasteiger partial charge in [-0.25, -0.2) is 0 Å². The third-order valence-electron chi connectivity index (χ3n) is 6.36. The Labute approximate surface area is 171 Å². The van der Waals surface area contributed by atoms with E-state index in [0.29, 0.717) is 5.56 Å². The third kappa shape index (κ3) is 3.42. The molecule has 2 aliphatic carbocycles. The average Bonchev–Trinajstić information content (AvgIpc) is 3.38. The Morgan fingerprint density at radius 1 is 1.20 bits per heavy atom. The number of nitro benzene ring substituents is 1. The van der Waals surface area contributed by atoms with Gasteiger partial charge >= 0.3 is 5.97 Å². The Morgan fingerprint density at radius 3 is 2.43 bits per heavy atom. The summed E-state index contributed by atoms with van der Waals surface area (Å²) in [5, 5.41) is 13.4. The molecule has 158 valence electrons. The number of rotatable bonds is 6. The molecule has 1 heterocycles. The lowest BCUT2D eigenvalue weighted by Crippen LogP contribution is -2.38. The van der Waals surface area contributed by atoms with Crippen molar-refractivity contribution in [2.24, 2.45) is 23.7 Å². The molecule has 1 aromatic carbocycles. The normalized spacial score (nSPS) is 26.6. The number of carbonyl (C=O) groups excluding carboxylic acids is 4. The minimum atomic E-state index is -0.853. The van der Waals surface area contributed by atoms with Crippen LogP contribution in [0.2, 0.25) is 0 Å². The van der Waals surface area contributed by atoms with Crippen molar-refractivity contribution >= 4 is 35.1 Å². The van der Waals surface area contributed by atoms with E-state index in [2.05, 4.69) is 5.32 Å². The van der Waals surface area contributed by atoms with Gasteiger partial charge in [-0.05, 0) is 44.1 Å². The molecule has 30 heavy (non-hydrogen) atoms. The molecule has 2 saturated carbocycles. The number of amides is 3. The van der Waals surface area contributed by atoms with Crippen molar-refractivity contribution in [3.8, 4) is 0 Å². The summed E-state index contributed by atoms with van der Waals surface area (Å²) >= 11 is 0. The fraction of sp³-hybridized carbons (Fsp3) is 0.500. The predicted octanol–water partition coefficient (Wildman–Crippen LogP) is 1.42. The van der Waals surface area contributed by atoms with Gasteiger partial charge in [0.15, 0.2) is 6.61 Å². The number of nitrogens with zero attached hydrogens (tertiary/aromatic N) is 2. The van der Waals surface area contributed by atoms with Crippen molar-refractivity contribution in [2.45, 2.75) is 26.2 Å². The van der Waals surface area contributed by atoms with Crippen molar-refractivity contribution in [2.75, 3.05) is 18.5 Å². The maximum absolute atomic E-state index is 12.6. The van der Waals surface area contributed by atoms with E-state index in [1.807, 2.05) is 0 Å². The van der Waals surface area contributed by atoms with E-state index < -0.39 is 30.0 Å². The standard InChI is InChI=1S/C20H21N3O7/c1-10-2-5-13(7-14(10)23(28)29)21-15(24)9-30-16(25)8-22-19(26)17-11-3-4-12(6-11)18(17)20(22)27/h2,5,7,11-12,17-18H,3-4,6,8-9H2,1H3,(H,21,24)/t11-,12+,17-,18-/m0/s1. The van der Waals surface area contributed by atoms with Crippen LogP contribution in [0.25, 0.3) is 0 Å². The van der Waals surface area contributed by atoms with Gasteiger partial charge in [-0.1, -0.05) is 6.07 Å². The first-order chi connectivity index (χ1) is 14.3. The van der Waals surface area contributed by atoms with Crippen LogP contribution < -0.4 is 5.32 Å². The number of imide groups is 1. The number of esters is 1. The average molecular weight is 415 g/mol. The van der Waals surface area contributed by atoms with Crippen molar-refractivity contribution in [1.29, 1.82) is 0 Å². The second-order valence-corrected chi connectivity index (χ2v) is 8.11. The van der Waals surface area contributed by atoms with Crippen molar-refractivity contribution < 1.29 is 28.8 Å². The lowest BCUT2D eigenvalue weighted by molar-refractivity contribution is -0.385. The maximum Gasteiger partial charge on any atom is 0.326 e. The van der Waals surface area contributed by atoms with Gasteiger partial charge in [0.2, 0.25) is 11.8 Å². The zero-order valence-electron chi connectivity index (χ0n) is 16.3. The van der Waals surface area contributed by atoms with E-state index in [0.717, 1.165) is 24.2 Å². The van der Waals surface area contributed by atoms with Gasteiger partial charge in [0, 0.05) is 17.3 Å². The molecular weight excluding hydrogens is 394 g/mol. The summed E-state index contributed by atoms with van der Waals surface area (Å²) < 4.78 is 4.90. The number of nitrogens with one attached hydrogen (secondary N) is 1. The SMILES string of the molecule is Cc1ccc(NC(=O)COC(=O)CN2C(=O)[C@H]3[C@@H]4CC[C@@H](C4)[C@@H]3C2=O)cc1[N+](=O)[O-]. The predicted molar refractivity (Wildman–Crippen MR) is 102 cm³/mol. The number of anilines is 1. The highest BCUT2D eigenvalue weighted by Crippen LogP contribution is 2.56. The second-order valence-electron chi connectivity index (χ2n) is 8.11. The van der Waals surface area contributed by atoms with Gasteiger partial charge in [0.1, 0.15) is 6.54 Å². The zero-order chi connectivity index (χ0) is 21.6. The van der Waals surface area contributed by atoms with E-state index >= 15 is 0 Å². The zero-order valence-corrected chi connectivity index (χ0v) is 16.3. The van der Waals surface area contributed by atoms with Gasteiger partial charge in [0.25, 0.3) is 11.6 Å². The highest BCUT2D eigenvalue weighted by molar-refractivity contribution is 6.08. The van der Waals surface area contributed by atoms with Gasteiger partial charge in [-0.2, -0.15) is 0 Å². The highest BCUT2D eigenvalue weighted by atomic mass is 16.6. The van der Waals surface area contributed by atoms with Gasteiger partial charge in [0.05, 0.1) is 16.8 Å². The van der Waals surface area contributed by atoms with Crippen molar-refractivity contribution in [1.82, 2.24) is 4.90 Å². The molecule has 1 aromatic rings. The third-order valence-corrected chi connectivity index (χ3v) is 6.36. The van der Waals surface area contributed by atoms with Crippen molar-refractivity contribution in [3.05, 3.63) is 33.9 Å². The summed E-state index contributed by atoms with van der Waals surface area (Å²) in [7, 11) is 0. The Kier molecular flexibility index (Phi) is 5.00. The minimum Gasteiger partial charge on any atom is -0.454 e. The molecule has 4 atom stereocenters. The summed E-state index contributed by atoms with van der Waals surface area (Å²) in [5.74, 6) is -2.35. The molecule has 1 saturated heterocycles. The van der Waals surface area contributed by atoms with Crippen LogP contribution in [0.1, 0.15) is 24.8 Å². The summed E-state index contributed by atoms with van der Waals surface area (Å²) in [4.78, 5) is 60.6. The van der Waals surface area contributed by atoms with Crippen LogP contribution in [0.15, 0.2) is 18.2 Å². The molecule has 0 unspecified atom stereocenters. The van der Waals surface area contributed by atoms with E-state index in [9.17, 15) is 29.3 Å². The largest absolute Gasteiger partial charge is 0.454 e. The molecule has 10 nitrogen and oxygen atoms in total. The molecule has 0 spiro atoms. The number of likely N-dealkylation sites (tertiary alicyclic amines) is 1. The smallest absolute Gasteiger partial charge is 0.326 e. The van der Waals surface area contributed by atoms with E-state index in [1.54, 1.807) is 6.92 Å². The Balaban J connectivity index is 1.30. The summed E-state index contributed by atoms with van der Waals surface area (Å²) in [5.41, 5.74) is 0.500. The maximum atomic E-state index is 12.6. The van der Waals surface area contributed by atoms with Gasteiger partial charge < -0.3 is 10.1 Å². The number of aryl methyl sites for hydroxylation is 1. The lowest BCUT2D eigenvalue weighted by Gasteiger charge is -2.19. The molecule has 0 aromatic heterocycles. The topological polar surface area (TPSA) is 136 Å².